The Hall–Kier alpha value is -3.73. The van der Waals surface area contributed by atoms with Gasteiger partial charge >= 0.3 is 5.97 Å². The van der Waals surface area contributed by atoms with Gasteiger partial charge < -0.3 is 15.4 Å². The Morgan fingerprint density at radius 1 is 1.08 bits per heavy atom. The molecule has 0 fully saturated rings. The third-order valence-corrected chi connectivity index (χ3v) is 3.14. The molecule has 0 radical (unpaired) electrons. The second-order valence-corrected chi connectivity index (χ2v) is 5.10. The van der Waals surface area contributed by atoms with Gasteiger partial charge in [-0.15, -0.1) is 0 Å². The molecule has 2 N–H and O–H groups in total. The largest absolute Gasteiger partial charge is 0.452 e. The highest BCUT2D eigenvalue weighted by molar-refractivity contribution is 5.95. The molecule has 0 aliphatic carbocycles. The van der Waals surface area contributed by atoms with E-state index in [0.717, 1.165) is 0 Å². The molecule has 2 aromatic rings. The lowest BCUT2D eigenvalue weighted by atomic mass is 10.1. The highest BCUT2D eigenvalue weighted by Crippen LogP contribution is 2.08. The van der Waals surface area contributed by atoms with Crippen LogP contribution in [0.25, 0.3) is 0 Å². The van der Waals surface area contributed by atoms with E-state index < -0.39 is 30.2 Å². The van der Waals surface area contributed by atoms with Crippen LogP contribution in [0.2, 0.25) is 0 Å². The zero-order chi connectivity index (χ0) is 18.9. The molecule has 0 aliphatic heterocycles. The van der Waals surface area contributed by atoms with Crippen molar-refractivity contribution in [2.45, 2.75) is 0 Å². The van der Waals surface area contributed by atoms with Gasteiger partial charge in [-0.25, -0.2) is 9.18 Å². The average molecular weight is 355 g/mol. The first-order valence-corrected chi connectivity index (χ1v) is 7.47. The Kier molecular flexibility index (Phi) is 6.40. The van der Waals surface area contributed by atoms with Crippen LogP contribution in [0.1, 0.15) is 15.9 Å². The highest BCUT2D eigenvalue weighted by atomic mass is 19.1. The number of amides is 2. The second-order valence-electron chi connectivity index (χ2n) is 5.10. The van der Waals surface area contributed by atoms with Crippen molar-refractivity contribution in [3.63, 3.8) is 0 Å². The van der Waals surface area contributed by atoms with Gasteiger partial charge in [-0.2, -0.15) is 5.26 Å². The van der Waals surface area contributed by atoms with Gasteiger partial charge in [0.15, 0.2) is 6.61 Å². The number of esters is 1. The van der Waals surface area contributed by atoms with Gasteiger partial charge in [0.1, 0.15) is 5.82 Å². The lowest BCUT2D eigenvalue weighted by Crippen LogP contribution is -2.35. The molecule has 2 aromatic carbocycles. The Balaban J connectivity index is 1.74. The standard InChI is InChI=1S/C18H14FN3O4/c19-14-4-6-15(7-5-14)22-16(23)10-21-17(24)11-26-18(25)13-3-1-2-12(8-13)9-20/h1-8H,10-11H2,(H,21,24)(H,22,23). The zero-order valence-corrected chi connectivity index (χ0v) is 13.5. The molecule has 0 heterocycles. The van der Waals surface area contributed by atoms with E-state index in [-0.39, 0.29) is 12.1 Å². The quantitative estimate of drug-likeness (QED) is 0.765. The van der Waals surface area contributed by atoms with Crippen molar-refractivity contribution in [1.82, 2.24) is 5.32 Å². The van der Waals surface area contributed by atoms with Gasteiger partial charge in [0.2, 0.25) is 5.91 Å². The van der Waals surface area contributed by atoms with Crippen LogP contribution in [0.5, 0.6) is 0 Å². The summed E-state index contributed by atoms with van der Waals surface area (Å²) in [5.74, 6) is -2.37. The van der Waals surface area contributed by atoms with Crippen LogP contribution in [-0.2, 0) is 14.3 Å². The molecule has 0 unspecified atom stereocenters. The van der Waals surface area contributed by atoms with E-state index in [1.807, 2.05) is 6.07 Å². The van der Waals surface area contributed by atoms with Crippen molar-refractivity contribution >= 4 is 23.5 Å². The Labute approximate surface area is 148 Å². The van der Waals surface area contributed by atoms with Gasteiger partial charge in [-0.05, 0) is 42.5 Å². The predicted molar refractivity (Wildman–Crippen MR) is 89.5 cm³/mol. The minimum Gasteiger partial charge on any atom is -0.452 e. The first-order valence-electron chi connectivity index (χ1n) is 7.47. The lowest BCUT2D eigenvalue weighted by molar-refractivity contribution is -0.126. The molecule has 0 saturated heterocycles. The topological polar surface area (TPSA) is 108 Å². The number of hydrogen-bond donors (Lipinski definition) is 2. The van der Waals surface area contributed by atoms with Crippen molar-refractivity contribution < 1.29 is 23.5 Å². The van der Waals surface area contributed by atoms with Crippen LogP contribution < -0.4 is 10.6 Å². The van der Waals surface area contributed by atoms with Crippen molar-refractivity contribution in [2.24, 2.45) is 0 Å². The Bertz CT molecular complexity index is 859. The molecule has 0 aliphatic rings. The second kappa shape index (κ2) is 8.94. The van der Waals surface area contributed by atoms with E-state index in [1.54, 1.807) is 0 Å². The minimum absolute atomic E-state index is 0.144. The molecule has 0 bridgehead atoms. The van der Waals surface area contributed by atoms with Gasteiger partial charge in [-0.3, -0.25) is 9.59 Å². The molecular weight excluding hydrogens is 341 g/mol. The number of rotatable bonds is 6. The third kappa shape index (κ3) is 5.72. The number of ether oxygens (including phenoxy) is 1. The molecular formula is C18H14FN3O4. The summed E-state index contributed by atoms with van der Waals surface area (Å²) in [6.07, 6.45) is 0. The van der Waals surface area contributed by atoms with Gasteiger partial charge in [-0.1, -0.05) is 6.07 Å². The fourth-order valence-corrected chi connectivity index (χ4v) is 1.90. The normalized spacial score (nSPS) is 9.69. The number of nitriles is 1. The monoisotopic (exact) mass is 355 g/mol. The fourth-order valence-electron chi connectivity index (χ4n) is 1.90. The fraction of sp³-hybridized carbons (Fsp3) is 0.111. The molecule has 26 heavy (non-hydrogen) atoms. The third-order valence-electron chi connectivity index (χ3n) is 3.14. The minimum atomic E-state index is -0.756. The zero-order valence-electron chi connectivity index (χ0n) is 13.5. The van der Waals surface area contributed by atoms with Crippen molar-refractivity contribution in [1.29, 1.82) is 5.26 Å². The van der Waals surface area contributed by atoms with Gasteiger partial charge in [0.05, 0.1) is 23.7 Å². The SMILES string of the molecule is N#Cc1cccc(C(=O)OCC(=O)NCC(=O)Nc2ccc(F)cc2)c1. The van der Waals surface area contributed by atoms with Crippen LogP contribution in [0.15, 0.2) is 48.5 Å². The Morgan fingerprint density at radius 2 is 1.81 bits per heavy atom. The summed E-state index contributed by atoms with van der Waals surface area (Å²) in [5.41, 5.74) is 0.821. The first-order chi connectivity index (χ1) is 12.5. The number of carbonyl (C=O) groups excluding carboxylic acids is 3. The number of halogens is 1. The predicted octanol–water partition coefficient (Wildman–Crippen LogP) is 1.61. The smallest absolute Gasteiger partial charge is 0.338 e. The molecule has 2 amide bonds. The highest BCUT2D eigenvalue weighted by Gasteiger charge is 2.12. The van der Waals surface area contributed by atoms with Crippen molar-refractivity contribution in [2.75, 3.05) is 18.5 Å². The summed E-state index contributed by atoms with van der Waals surface area (Å²) >= 11 is 0. The first kappa shape index (κ1) is 18.6. The molecule has 8 heteroatoms. The number of nitrogens with zero attached hydrogens (tertiary/aromatic N) is 1. The number of benzene rings is 2. The number of nitrogens with one attached hydrogen (secondary N) is 2. The van der Waals surface area contributed by atoms with Crippen LogP contribution in [0.4, 0.5) is 10.1 Å². The number of hydrogen-bond acceptors (Lipinski definition) is 5. The van der Waals surface area contributed by atoms with Crippen LogP contribution in [0.3, 0.4) is 0 Å². The van der Waals surface area contributed by atoms with E-state index in [4.69, 9.17) is 10.00 Å². The molecule has 0 saturated carbocycles. The molecule has 132 valence electrons. The van der Waals surface area contributed by atoms with E-state index in [2.05, 4.69) is 10.6 Å². The van der Waals surface area contributed by atoms with Crippen LogP contribution in [-0.4, -0.2) is 30.9 Å². The molecule has 0 spiro atoms. The lowest BCUT2D eigenvalue weighted by Gasteiger charge is -2.08. The maximum Gasteiger partial charge on any atom is 0.338 e. The summed E-state index contributed by atoms with van der Waals surface area (Å²) in [5, 5.41) is 13.5. The van der Waals surface area contributed by atoms with Crippen molar-refractivity contribution in [3.05, 3.63) is 65.5 Å². The summed E-state index contributed by atoms with van der Waals surface area (Å²) < 4.78 is 17.6. The Morgan fingerprint density at radius 3 is 2.50 bits per heavy atom. The molecule has 0 atom stereocenters. The van der Waals surface area contributed by atoms with E-state index in [9.17, 15) is 18.8 Å². The summed E-state index contributed by atoms with van der Waals surface area (Å²) in [6.45, 7) is -0.906. The summed E-state index contributed by atoms with van der Waals surface area (Å²) in [4.78, 5) is 35.1. The maximum absolute atomic E-state index is 12.8. The van der Waals surface area contributed by atoms with E-state index in [0.29, 0.717) is 11.3 Å². The van der Waals surface area contributed by atoms with Crippen LogP contribution in [0, 0.1) is 17.1 Å². The summed E-state index contributed by atoms with van der Waals surface area (Å²) in [7, 11) is 0. The van der Waals surface area contributed by atoms with E-state index >= 15 is 0 Å². The number of anilines is 1. The van der Waals surface area contributed by atoms with Gasteiger partial charge in [0, 0.05) is 5.69 Å². The van der Waals surface area contributed by atoms with Crippen molar-refractivity contribution in [3.8, 4) is 6.07 Å². The number of carbonyl (C=O) groups is 3. The molecule has 0 aromatic heterocycles. The van der Waals surface area contributed by atoms with Gasteiger partial charge in [0.25, 0.3) is 5.91 Å². The maximum atomic E-state index is 12.8. The molecule has 2 rings (SSSR count). The van der Waals surface area contributed by atoms with E-state index in [1.165, 1.54) is 48.5 Å². The van der Waals surface area contributed by atoms with Crippen LogP contribution >= 0.6 is 0 Å². The average Bonchev–Trinajstić information content (AvgIpc) is 2.66. The summed E-state index contributed by atoms with van der Waals surface area (Å²) in [6, 6.07) is 12.9. The molecule has 7 nitrogen and oxygen atoms in total.